The van der Waals surface area contributed by atoms with E-state index in [2.05, 4.69) is 52.5 Å². The normalized spacial score (nSPS) is 13.1. The summed E-state index contributed by atoms with van der Waals surface area (Å²) in [5.74, 6) is 1.68. The molecule has 98 valence electrons. The van der Waals surface area contributed by atoms with E-state index in [-0.39, 0.29) is 0 Å². The monoisotopic (exact) mass is 309 g/mol. The molecule has 0 spiro atoms. The minimum Gasteiger partial charge on any atom is -0.330 e. The molecule has 0 fully saturated rings. The maximum Gasteiger partial charge on any atom is 0.110 e. The van der Waals surface area contributed by atoms with Gasteiger partial charge in [-0.1, -0.05) is 29.3 Å². The molecule has 0 aliphatic rings. The second kappa shape index (κ2) is 5.85. The van der Waals surface area contributed by atoms with E-state index in [0.717, 1.165) is 41.7 Å². The fraction of sp³-hybridized carbons (Fsp3) is 0.500. The van der Waals surface area contributed by atoms with Gasteiger partial charge in [0, 0.05) is 17.4 Å². The van der Waals surface area contributed by atoms with Gasteiger partial charge in [-0.2, -0.15) is 0 Å². The van der Waals surface area contributed by atoms with E-state index in [1.165, 1.54) is 5.52 Å². The number of aromatic nitrogens is 2. The van der Waals surface area contributed by atoms with Crippen molar-refractivity contribution in [2.24, 2.45) is 11.7 Å². The summed E-state index contributed by atoms with van der Waals surface area (Å²) >= 11 is 3.50. The number of fused-ring (bicyclic) bond motifs is 1. The van der Waals surface area contributed by atoms with Crippen LogP contribution in [-0.2, 0) is 13.0 Å². The zero-order valence-electron chi connectivity index (χ0n) is 11.0. The third kappa shape index (κ3) is 2.59. The Kier molecular flexibility index (Phi) is 4.40. The Balaban J connectivity index is 2.43. The first-order valence-corrected chi connectivity index (χ1v) is 7.33. The molecular weight excluding hydrogens is 290 g/mol. The maximum absolute atomic E-state index is 5.80. The molecule has 0 aliphatic heterocycles. The van der Waals surface area contributed by atoms with Crippen molar-refractivity contribution in [1.82, 2.24) is 9.55 Å². The molecule has 1 atom stereocenters. The summed E-state index contributed by atoms with van der Waals surface area (Å²) in [6.45, 7) is 6.03. The van der Waals surface area contributed by atoms with Crippen LogP contribution >= 0.6 is 15.9 Å². The highest BCUT2D eigenvalue weighted by atomic mass is 79.9. The highest BCUT2D eigenvalue weighted by Crippen LogP contribution is 2.22. The van der Waals surface area contributed by atoms with Crippen molar-refractivity contribution in [2.75, 3.05) is 6.54 Å². The Morgan fingerprint density at radius 3 is 2.78 bits per heavy atom. The smallest absolute Gasteiger partial charge is 0.110 e. The molecule has 0 aliphatic carbocycles. The second-order valence-corrected chi connectivity index (χ2v) is 5.54. The van der Waals surface area contributed by atoms with E-state index in [4.69, 9.17) is 10.7 Å². The van der Waals surface area contributed by atoms with E-state index in [1.807, 2.05) is 0 Å². The largest absolute Gasteiger partial charge is 0.330 e. The summed E-state index contributed by atoms with van der Waals surface area (Å²) < 4.78 is 3.37. The number of nitrogens with zero attached hydrogens (tertiary/aromatic N) is 2. The third-order valence-corrected chi connectivity index (χ3v) is 3.98. The molecule has 1 aromatic carbocycles. The van der Waals surface area contributed by atoms with E-state index >= 15 is 0 Å². The van der Waals surface area contributed by atoms with Crippen LogP contribution in [0, 0.1) is 5.92 Å². The van der Waals surface area contributed by atoms with Gasteiger partial charge < -0.3 is 10.3 Å². The quantitative estimate of drug-likeness (QED) is 0.920. The first-order chi connectivity index (χ1) is 8.69. The fourth-order valence-electron chi connectivity index (χ4n) is 2.31. The number of aryl methyl sites for hydroxylation is 1. The molecule has 4 heteroatoms. The van der Waals surface area contributed by atoms with Crippen LogP contribution in [0.1, 0.15) is 26.1 Å². The minimum atomic E-state index is 0.524. The van der Waals surface area contributed by atoms with Crippen molar-refractivity contribution in [2.45, 2.75) is 33.2 Å². The average molecular weight is 310 g/mol. The predicted octanol–water partition coefficient (Wildman–Crippen LogP) is 3.35. The fourth-order valence-corrected chi connectivity index (χ4v) is 2.66. The Morgan fingerprint density at radius 1 is 1.39 bits per heavy atom. The molecule has 0 saturated heterocycles. The van der Waals surface area contributed by atoms with E-state index < -0.39 is 0 Å². The van der Waals surface area contributed by atoms with Gasteiger partial charge in [-0.15, -0.1) is 0 Å². The van der Waals surface area contributed by atoms with Crippen molar-refractivity contribution in [3.8, 4) is 0 Å². The first kappa shape index (κ1) is 13.6. The first-order valence-electron chi connectivity index (χ1n) is 6.54. The lowest BCUT2D eigenvalue weighted by molar-refractivity contribution is 0.494. The van der Waals surface area contributed by atoms with Crippen molar-refractivity contribution >= 4 is 27.0 Å². The van der Waals surface area contributed by atoms with Crippen molar-refractivity contribution in [3.05, 3.63) is 28.5 Å². The highest BCUT2D eigenvalue weighted by Gasteiger charge is 2.13. The number of benzene rings is 1. The number of nitrogens with two attached hydrogens (primary N) is 1. The van der Waals surface area contributed by atoms with Gasteiger partial charge in [0.1, 0.15) is 5.82 Å². The van der Waals surface area contributed by atoms with E-state index in [1.54, 1.807) is 0 Å². The Labute approximate surface area is 117 Å². The van der Waals surface area contributed by atoms with Crippen LogP contribution in [0.2, 0.25) is 0 Å². The van der Waals surface area contributed by atoms with Gasteiger partial charge in [0.15, 0.2) is 0 Å². The summed E-state index contributed by atoms with van der Waals surface area (Å²) in [4.78, 5) is 4.76. The summed E-state index contributed by atoms with van der Waals surface area (Å²) in [5.41, 5.74) is 8.07. The van der Waals surface area contributed by atoms with Gasteiger partial charge in [-0.05, 0) is 37.6 Å². The average Bonchev–Trinajstić information content (AvgIpc) is 2.71. The van der Waals surface area contributed by atoms with Gasteiger partial charge in [0.2, 0.25) is 0 Å². The van der Waals surface area contributed by atoms with E-state index in [0.29, 0.717) is 5.92 Å². The number of hydrogen-bond donors (Lipinski definition) is 1. The maximum atomic E-state index is 5.80. The zero-order valence-corrected chi connectivity index (χ0v) is 12.6. The van der Waals surface area contributed by atoms with Crippen LogP contribution in [-0.4, -0.2) is 16.1 Å². The lowest BCUT2D eigenvalue weighted by Crippen LogP contribution is -2.18. The van der Waals surface area contributed by atoms with Crippen LogP contribution in [0.15, 0.2) is 22.7 Å². The summed E-state index contributed by atoms with van der Waals surface area (Å²) in [6.07, 6.45) is 2.07. The lowest BCUT2D eigenvalue weighted by Gasteiger charge is -2.12. The molecule has 18 heavy (non-hydrogen) atoms. The molecule has 3 nitrogen and oxygen atoms in total. The predicted molar refractivity (Wildman–Crippen MR) is 79.6 cm³/mol. The molecule has 0 radical (unpaired) electrons. The number of rotatable bonds is 5. The van der Waals surface area contributed by atoms with Crippen LogP contribution in [0.5, 0.6) is 0 Å². The van der Waals surface area contributed by atoms with Gasteiger partial charge in [-0.3, -0.25) is 0 Å². The molecule has 1 aromatic heterocycles. The highest BCUT2D eigenvalue weighted by molar-refractivity contribution is 9.10. The molecule has 1 heterocycles. The Bertz CT molecular complexity index is 529. The van der Waals surface area contributed by atoms with Crippen molar-refractivity contribution < 1.29 is 0 Å². The number of halogens is 1. The van der Waals surface area contributed by atoms with E-state index in [9.17, 15) is 0 Å². The summed E-state index contributed by atoms with van der Waals surface area (Å²) in [7, 11) is 0. The van der Waals surface area contributed by atoms with Gasteiger partial charge in [-0.25, -0.2) is 4.98 Å². The lowest BCUT2D eigenvalue weighted by atomic mass is 10.0. The van der Waals surface area contributed by atoms with Gasteiger partial charge in [0.25, 0.3) is 0 Å². The molecule has 0 saturated carbocycles. The van der Waals surface area contributed by atoms with Crippen molar-refractivity contribution in [1.29, 1.82) is 0 Å². The van der Waals surface area contributed by atoms with Crippen LogP contribution in [0.4, 0.5) is 0 Å². The Hall–Kier alpha value is -0.870. The number of hydrogen-bond acceptors (Lipinski definition) is 2. The van der Waals surface area contributed by atoms with Crippen LogP contribution in [0.3, 0.4) is 0 Å². The SMILES string of the molecule is CCC(CN)Cc1nc2cc(Br)ccc2n1CC. The van der Waals surface area contributed by atoms with Crippen molar-refractivity contribution in [3.63, 3.8) is 0 Å². The molecule has 2 aromatic rings. The van der Waals surface area contributed by atoms with Crippen LogP contribution in [0.25, 0.3) is 11.0 Å². The molecule has 2 rings (SSSR count). The molecule has 0 amide bonds. The molecular formula is C14H20BrN3. The Morgan fingerprint density at radius 2 is 2.17 bits per heavy atom. The topological polar surface area (TPSA) is 43.8 Å². The summed E-state index contributed by atoms with van der Waals surface area (Å²) in [6, 6.07) is 6.28. The minimum absolute atomic E-state index is 0.524. The van der Waals surface area contributed by atoms with Gasteiger partial charge in [0.05, 0.1) is 11.0 Å². The number of imidazole rings is 1. The molecule has 2 N–H and O–H groups in total. The second-order valence-electron chi connectivity index (χ2n) is 4.62. The van der Waals surface area contributed by atoms with Crippen LogP contribution < -0.4 is 5.73 Å². The zero-order chi connectivity index (χ0) is 13.1. The molecule has 1 unspecified atom stereocenters. The summed E-state index contributed by atoms with van der Waals surface area (Å²) in [5, 5.41) is 0. The third-order valence-electron chi connectivity index (χ3n) is 3.49. The standard InChI is InChI=1S/C14H20BrN3/c1-3-10(9-16)7-14-17-12-8-11(15)5-6-13(12)18(14)4-2/h5-6,8,10H,3-4,7,9,16H2,1-2H3. The van der Waals surface area contributed by atoms with Gasteiger partial charge >= 0.3 is 0 Å². The molecule has 0 bridgehead atoms.